The quantitative estimate of drug-likeness (QED) is 0.897. The molecule has 2 aliphatic rings. The Balaban J connectivity index is 1.79. The summed E-state index contributed by atoms with van der Waals surface area (Å²) in [6.07, 6.45) is 8.60. The van der Waals surface area contributed by atoms with Gasteiger partial charge in [-0.1, -0.05) is 19.3 Å². The molecule has 0 saturated heterocycles. The van der Waals surface area contributed by atoms with Crippen LogP contribution in [0.5, 0.6) is 5.88 Å². The van der Waals surface area contributed by atoms with E-state index in [2.05, 4.69) is 4.98 Å². The molecule has 0 atom stereocenters. The summed E-state index contributed by atoms with van der Waals surface area (Å²) >= 11 is 0. The largest absolute Gasteiger partial charge is 0.479 e. The number of hydrogen-bond acceptors (Lipinski definition) is 4. The van der Waals surface area contributed by atoms with E-state index in [4.69, 9.17) is 4.74 Å². The Hall–Kier alpha value is -2.11. The van der Waals surface area contributed by atoms with E-state index in [9.17, 15) is 14.7 Å². The summed E-state index contributed by atoms with van der Waals surface area (Å²) < 4.78 is 5.74. The van der Waals surface area contributed by atoms with Gasteiger partial charge in [0.25, 0.3) is 5.91 Å². The van der Waals surface area contributed by atoms with E-state index < -0.39 is 11.5 Å². The van der Waals surface area contributed by atoms with Crippen LogP contribution < -0.4 is 4.74 Å². The van der Waals surface area contributed by atoms with Gasteiger partial charge in [0.2, 0.25) is 5.88 Å². The molecule has 6 heteroatoms. The van der Waals surface area contributed by atoms with Crippen LogP contribution in [0.15, 0.2) is 18.3 Å². The molecule has 0 bridgehead atoms. The highest BCUT2D eigenvalue weighted by molar-refractivity contribution is 5.97. The van der Waals surface area contributed by atoms with Crippen LogP contribution in [0.25, 0.3) is 0 Å². The van der Waals surface area contributed by atoms with Gasteiger partial charge >= 0.3 is 5.97 Å². The van der Waals surface area contributed by atoms with Crippen LogP contribution in [0, 0.1) is 0 Å². The SMILES string of the molecule is CN(C(=O)c1ccnc(OC2CCC2)c1)C1(C(=O)O)CCCCC1. The van der Waals surface area contributed by atoms with Crippen molar-refractivity contribution in [3.63, 3.8) is 0 Å². The van der Waals surface area contributed by atoms with Crippen molar-refractivity contribution in [1.82, 2.24) is 9.88 Å². The minimum atomic E-state index is -1.10. The molecule has 1 heterocycles. The number of hydrogen-bond donors (Lipinski definition) is 1. The topological polar surface area (TPSA) is 79.7 Å². The number of pyridine rings is 1. The molecule has 2 aliphatic carbocycles. The standard InChI is InChI=1S/C18H24N2O4/c1-20(18(17(22)23)9-3-2-4-10-18)16(21)13-8-11-19-15(12-13)24-14-6-5-7-14/h8,11-12,14H,2-7,9-10H2,1H3,(H,22,23). The lowest BCUT2D eigenvalue weighted by Gasteiger charge is -2.41. The number of carboxylic acids is 1. The summed E-state index contributed by atoms with van der Waals surface area (Å²) in [5, 5.41) is 9.74. The van der Waals surface area contributed by atoms with E-state index >= 15 is 0 Å². The van der Waals surface area contributed by atoms with Gasteiger partial charge < -0.3 is 14.7 Å². The third kappa shape index (κ3) is 3.09. The number of carbonyl (C=O) groups excluding carboxylic acids is 1. The summed E-state index contributed by atoms with van der Waals surface area (Å²) in [7, 11) is 1.59. The molecule has 0 spiro atoms. The second-order valence-corrected chi connectivity index (χ2v) is 6.82. The molecule has 0 aliphatic heterocycles. The zero-order valence-corrected chi connectivity index (χ0v) is 14.0. The Morgan fingerprint density at radius 3 is 2.54 bits per heavy atom. The minimum Gasteiger partial charge on any atom is -0.479 e. The molecule has 0 unspecified atom stereocenters. The zero-order chi connectivity index (χ0) is 17.2. The maximum Gasteiger partial charge on any atom is 0.329 e. The molecule has 2 fully saturated rings. The highest BCUT2D eigenvalue weighted by atomic mass is 16.5. The predicted octanol–water partition coefficient (Wildman–Crippen LogP) is 2.87. The van der Waals surface area contributed by atoms with Crippen LogP contribution in [-0.4, -0.2) is 45.6 Å². The smallest absolute Gasteiger partial charge is 0.329 e. The maximum absolute atomic E-state index is 12.9. The second-order valence-electron chi connectivity index (χ2n) is 6.82. The van der Waals surface area contributed by atoms with Crippen LogP contribution in [0.3, 0.4) is 0 Å². The monoisotopic (exact) mass is 332 g/mol. The van der Waals surface area contributed by atoms with Gasteiger partial charge in [-0.15, -0.1) is 0 Å². The van der Waals surface area contributed by atoms with E-state index in [1.165, 1.54) is 4.90 Å². The molecule has 1 aromatic rings. The number of carboxylic acid groups (broad SMARTS) is 1. The van der Waals surface area contributed by atoms with Crippen molar-refractivity contribution < 1.29 is 19.4 Å². The van der Waals surface area contributed by atoms with Gasteiger partial charge in [-0.25, -0.2) is 9.78 Å². The first-order valence-corrected chi connectivity index (χ1v) is 8.67. The first-order valence-electron chi connectivity index (χ1n) is 8.67. The highest BCUT2D eigenvalue weighted by Crippen LogP contribution is 2.34. The van der Waals surface area contributed by atoms with Crippen LogP contribution in [0.4, 0.5) is 0 Å². The number of aromatic nitrogens is 1. The van der Waals surface area contributed by atoms with Gasteiger partial charge in [-0.2, -0.15) is 0 Å². The van der Waals surface area contributed by atoms with Gasteiger partial charge in [0.15, 0.2) is 0 Å². The molecule has 0 aromatic carbocycles. The van der Waals surface area contributed by atoms with E-state index in [0.29, 0.717) is 24.3 Å². The van der Waals surface area contributed by atoms with Crippen LogP contribution >= 0.6 is 0 Å². The summed E-state index contributed by atoms with van der Waals surface area (Å²) in [4.78, 5) is 30.3. The predicted molar refractivity (Wildman–Crippen MR) is 88.0 cm³/mol. The molecule has 1 amide bonds. The lowest BCUT2D eigenvalue weighted by atomic mass is 9.80. The Morgan fingerprint density at radius 2 is 1.96 bits per heavy atom. The second kappa shape index (κ2) is 6.79. The van der Waals surface area contributed by atoms with Crippen LogP contribution in [0.2, 0.25) is 0 Å². The normalized spacial score (nSPS) is 20.0. The fourth-order valence-electron chi connectivity index (χ4n) is 3.48. The molecular weight excluding hydrogens is 308 g/mol. The molecule has 24 heavy (non-hydrogen) atoms. The van der Waals surface area contributed by atoms with Crippen molar-refractivity contribution in [1.29, 1.82) is 0 Å². The molecule has 130 valence electrons. The Bertz CT molecular complexity index is 621. The molecule has 2 saturated carbocycles. The fourth-order valence-corrected chi connectivity index (χ4v) is 3.48. The molecule has 3 rings (SSSR count). The van der Waals surface area contributed by atoms with Gasteiger partial charge in [0.05, 0.1) is 0 Å². The molecule has 1 aromatic heterocycles. The maximum atomic E-state index is 12.9. The lowest BCUT2D eigenvalue weighted by Crippen LogP contribution is -2.56. The number of ether oxygens (including phenoxy) is 1. The van der Waals surface area contributed by atoms with E-state index in [1.807, 2.05) is 0 Å². The highest BCUT2D eigenvalue weighted by Gasteiger charge is 2.45. The van der Waals surface area contributed by atoms with Crippen molar-refractivity contribution in [2.24, 2.45) is 0 Å². The summed E-state index contributed by atoms with van der Waals surface area (Å²) in [6.45, 7) is 0. The van der Waals surface area contributed by atoms with Crippen molar-refractivity contribution in [3.05, 3.63) is 23.9 Å². The first-order chi connectivity index (χ1) is 11.5. The Labute approximate surface area is 141 Å². The Kier molecular flexibility index (Phi) is 4.73. The van der Waals surface area contributed by atoms with E-state index in [0.717, 1.165) is 38.5 Å². The van der Waals surface area contributed by atoms with Crippen molar-refractivity contribution in [3.8, 4) is 5.88 Å². The summed E-state index contributed by atoms with van der Waals surface area (Å²) in [5.74, 6) is -0.773. The Morgan fingerprint density at radius 1 is 1.25 bits per heavy atom. The van der Waals surface area contributed by atoms with Gasteiger partial charge in [0.1, 0.15) is 11.6 Å². The third-order valence-electron chi connectivity index (χ3n) is 5.35. The zero-order valence-electron chi connectivity index (χ0n) is 14.0. The molecule has 1 N–H and O–H groups in total. The van der Waals surface area contributed by atoms with Gasteiger partial charge in [0, 0.05) is 24.9 Å². The van der Waals surface area contributed by atoms with Crippen LogP contribution in [0.1, 0.15) is 61.7 Å². The average Bonchev–Trinajstić information content (AvgIpc) is 2.57. The van der Waals surface area contributed by atoms with Gasteiger partial charge in [-0.05, 0) is 38.2 Å². The molecule has 6 nitrogen and oxygen atoms in total. The number of nitrogens with zero attached hydrogens (tertiary/aromatic N) is 2. The number of likely N-dealkylation sites (N-methyl/N-ethyl adjacent to an activating group) is 1. The molecular formula is C18H24N2O4. The van der Waals surface area contributed by atoms with E-state index in [1.54, 1.807) is 25.4 Å². The average molecular weight is 332 g/mol. The van der Waals surface area contributed by atoms with Crippen LogP contribution in [-0.2, 0) is 4.79 Å². The summed E-state index contributed by atoms with van der Waals surface area (Å²) in [5.41, 5.74) is -0.679. The lowest BCUT2D eigenvalue weighted by molar-refractivity contribution is -0.151. The minimum absolute atomic E-state index is 0.185. The van der Waals surface area contributed by atoms with Crippen molar-refractivity contribution in [2.75, 3.05) is 7.05 Å². The van der Waals surface area contributed by atoms with E-state index in [-0.39, 0.29) is 12.0 Å². The number of carbonyl (C=O) groups is 2. The third-order valence-corrected chi connectivity index (χ3v) is 5.35. The first kappa shape index (κ1) is 16.7. The van der Waals surface area contributed by atoms with Crippen molar-refractivity contribution in [2.45, 2.75) is 63.0 Å². The summed E-state index contributed by atoms with van der Waals surface area (Å²) in [6, 6.07) is 3.24. The number of aliphatic carboxylic acids is 1. The number of amides is 1. The van der Waals surface area contributed by atoms with Crippen molar-refractivity contribution >= 4 is 11.9 Å². The van der Waals surface area contributed by atoms with Gasteiger partial charge in [-0.3, -0.25) is 4.79 Å². The molecule has 0 radical (unpaired) electrons. The number of rotatable bonds is 5. The fraction of sp³-hybridized carbons (Fsp3) is 0.611.